The van der Waals surface area contributed by atoms with Crippen LogP contribution in [0.15, 0.2) is 0 Å². The number of methoxy groups -OCH3 is 1. The van der Waals surface area contributed by atoms with Gasteiger partial charge in [-0.2, -0.15) is 0 Å². The van der Waals surface area contributed by atoms with Crippen molar-refractivity contribution in [3.63, 3.8) is 0 Å². The maximum atomic E-state index is 11.3. The molecule has 0 N–H and O–H groups in total. The summed E-state index contributed by atoms with van der Waals surface area (Å²) < 4.78 is 16.5. The Morgan fingerprint density at radius 1 is 1.25 bits per heavy atom. The highest BCUT2D eigenvalue weighted by atomic mass is 16.7. The lowest BCUT2D eigenvalue weighted by Crippen LogP contribution is -2.41. The van der Waals surface area contributed by atoms with Crippen LogP contribution in [0.2, 0.25) is 5.82 Å². The van der Waals surface area contributed by atoms with E-state index < -0.39 is 0 Å². The Bertz CT molecular complexity index is 297. The molecule has 0 radical (unpaired) electrons. The number of rotatable bonds is 2. The van der Waals surface area contributed by atoms with Gasteiger partial charge in [-0.25, -0.2) is 0 Å². The molecule has 0 unspecified atom stereocenters. The molecule has 1 saturated heterocycles. The average Bonchev–Trinajstić information content (AvgIpc) is 2.90. The molecule has 1 saturated carbocycles. The molecule has 1 heterocycles. The molecule has 0 amide bonds. The molecule has 0 spiro atoms. The van der Waals surface area contributed by atoms with Crippen molar-refractivity contribution in [1.82, 2.24) is 0 Å². The van der Waals surface area contributed by atoms with E-state index in [2.05, 4.69) is 0 Å². The van der Waals surface area contributed by atoms with Crippen molar-refractivity contribution in [1.29, 1.82) is 0 Å². The van der Waals surface area contributed by atoms with E-state index in [1.165, 1.54) is 7.11 Å². The molecule has 1 aliphatic carbocycles. The summed E-state index contributed by atoms with van der Waals surface area (Å²) in [5.74, 6) is -0.0343. The van der Waals surface area contributed by atoms with Gasteiger partial charge in [0.2, 0.25) is 0 Å². The lowest BCUT2D eigenvalue weighted by Gasteiger charge is -2.32. The average molecular weight is 226 g/mol. The predicted octanol–water partition coefficient (Wildman–Crippen LogP) is 1.64. The van der Waals surface area contributed by atoms with E-state index in [1.54, 1.807) is 0 Å². The van der Waals surface area contributed by atoms with Crippen molar-refractivity contribution in [2.24, 2.45) is 5.92 Å². The van der Waals surface area contributed by atoms with Crippen LogP contribution in [-0.4, -0.2) is 31.4 Å². The standard InChI is InChI=1S/C11H19BO4/c1-10(2)11(3,4)16-12(15-10)8-6-7(8)9(13)14-5/h7-8H,6H2,1-5H3/t7-,8+/m1/s1. The maximum absolute atomic E-state index is 11.3. The smallest absolute Gasteiger partial charge is 0.462 e. The van der Waals surface area contributed by atoms with Crippen LogP contribution in [0.4, 0.5) is 0 Å². The summed E-state index contributed by atoms with van der Waals surface area (Å²) in [5, 5.41) is 0. The van der Waals surface area contributed by atoms with Gasteiger partial charge >= 0.3 is 13.1 Å². The van der Waals surface area contributed by atoms with Gasteiger partial charge in [-0.1, -0.05) is 0 Å². The second-order valence-corrected chi connectivity index (χ2v) is 5.65. The molecule has 5 heteroatoms. The summed E-state index contributed by atoms with van der Waals surface area (Å²) in [6.45, 7) is 8.07. The summed E-state index contributed by atoms with van der Waals surface area (Å²) in [6, 6.07) is 0. The second-order valence-electron chi connectivity index (χ2n) is 5.65. The summed E-state index contributed by atoms with van der Waals surface area (Å²) >= 11 is 0. The fraction of sp³-hybridized carbons (Fsp3) is 0.909. The van der Waals surface area contributed by atoms with Gasteiger partial charge in [-0.3, -0.25) is 4.79 Å². The molecular weight excluding hydrogens is 207 g/mol. The molecule has 1 aliphatic heterocycles. The predicted molar refractivity (Wildman–Crippen MR) is 60.0 cm³/mol. The lowest BCUT2D eigenvalue weighted by atomic mass is 9.80. The molecule has 16 heavy (non-hydrogen) atoms. The van der Waals surface area contributed by atoms with E-state index in [-0.39, 0.29) is 36.0 Å². The molecule has 2 atom stereocenters. The Hall–Kier alpha value is -0.545. The largest absolute Gasteiger partial charge is 0.469 e. The fourth-order valence-corrected chi connectivity index (χ4v) is 2.00. The van der Waals surface area contributed by atoms with Gasteiger partial charge < -0.3 is 14.0 Å². The SMILES string of the molecule is COC(=O)[C@@H]1C[C@@H]1B1OC(C)(C)C(C)(C)O1. The number of ether oxygens (including phenoxy) is 1. The Morgan fingerprint density at radius 3 is 2.19 bits per heavy atom. The Morgan fingerprint density at radius 2 is 1.75 bits per heavy atom. The number of esters is 1. The lowest BCUT2D eigenvalue weighted by molar-refractivity contribution is -0.142. The van der Waals surface area contributed by atoms with E-state index in [0.717, 1.165) is 6.42 Å². The second kappa shape index (κ2) is 3.47. The zero-order valence-corrected chi connectivity index (χ0v) is 10.6. The van der Waals surface area contributed by atoms with Crippen molar-refractivity contribution in [2.45, 2.75) is 51.1 Å². The van der Waals surface area contributed by atoms with Crippen molar-refractivity contribution >= 4 is 13.1 Å². The van der Waals surface area contributed by atoms with Crippen molar-refractivity contribution in [3.8, 4) is 0 Å². The number of hydrogen-bond acceptors (Lipinski definition) is 4. The first kappa shape index (κ1) is 11.9. The first-order valence-electron chi connectivity index (χ1n) is 5.72. The van der Waals surface area contributed by atoms with Gasteiger partial charge in [-0.05, 0) is 34.1 Å². The molecule has 90 valence electrons. The van der Waals surface area contributed by atoms with Crippen LogP contribution in [0.3, 0.4) is 0 Å². The van der Waals surface area contributed by atoms with Crippen LogP contribution in [-0.2, 0) is 18.8 Å². The summed E-state index contributed by atoms with van der Waals surface area (Å²) in [6.07, 6.45) is 0.809. The van der Waals surface area contributed by atoms with E-state index in [4.69, 9.17) is 14.0 Å². The van der Waals surface area contributed by atoms with Gasteiger partial charge in [0, 0.05) is 5.82 Å². The van der Waals surface area contributed by atoms with E-state index in [0.29, 0.717) is 0 Å². The van der Waals surface area contributed by atoms with E-state index >= 15 is 0 Å². The van der Waals surface area contributed by atoms with Gasteiger partial charge in [0.25, 0.3) is 0 Å². The van der Waals surface area contributed by atoms with Gasteiger partial charge in [0.1, 0.15) is 0 Å². The molecule has 0 bridgehead atoms. The van der Waals surface area contributed by atoms with Crippen LogP contribution < -0.4 is 0 Å². The Labute approximate surface area is 96.8 Å². The minimum Gasteiger partial charge on any atom is -0.469 e. The summed E-state index contributed by atoms with van der Waals surface area (Å²) in [7, 11) is 1.15. The molecule has 2 fully saturated rings. The third kappa shape index (κ3) is 1.76. The van der Waals surface area contributed by atoms with Gasteiger partial charge in [0.05, 0.1) is 24.2 Å². The molecule has 2 aliphatic rings. The third-order valence-corrected chi connectivity index (χ3v) is 3.96. The van der Waals surface area contributed by atoms with Crippen LogP contribution in [0.25, 0.3) is 0 Å². The third-order valence-electron chi connectivity index (χ3n) is 3.96. The zero-order chi connectivity index (χ0) is 12.1. The van der Waals surface area contributed by atoms with E-state index in [1.807, 2.05) is 27.7 Å². The minimum atomic E-state index is -0.319. The monoisotopic (exact) mass is 226 g/mol. The number of carbonyl (C=O) groups is 1. The van der Waals surface area contributed by atoms with Crippen LogP contribution in [0.5, 0.6) is 0 Å². The first-order chi connectivity index (χ1) is 7.28. The Kier molecular flexibility index (Phi) is 2.59. The molecule has 0 aromatic rings. The fourth-order valence-electron chi connectivity index (χ4n) is 2.00. The highest BCUT2D eigenvalue weighted by molar-refractivity contribution is 6.49. The number of hydrogen-bond donors (Lipinski definition) is 0. The molecule has 0 aromatic heterocycles. The molecule has 0 aromatic carbocycles. The van der Waals surface area contributed by atoms with Crippen LogP contribution in [0.1, 0.15) is 34.1 Å². The molecular formula is C11H19BO4. The summed E-state index contributed by atoms with van der Waals surface area (Å²) in [5.41, 5.74) is -0.637. The van der Waals surface area contributed by atoms with E-state index in [9.17, 15) is 4.79 Å². The first-order valence-corrected chi connectivity index (χ1v) is 5.72. The van der Waals surface area contributed by atoms with Crippen molar-refractivity contribution in [3.05, 3.63) is 0 Å². The minimum absolute atomic E-state index is 0.0419. The quantitative estimate of drug-likeness (QED) is 0.530. The zero-order valence-electron chi connectivity index (χ0n) is 10.6. The Balaban J connectivity index is 1.99. The maximum Gasteiger partial charge on any atom is 0.462 e. The number of carbonyl (C=O) groups excluding carboxylic acids is 1. The highest BCUT2D eigenvalue weighted by Gasteiger charge is 2.61. The van der Waals surface area contributed by atoms with Gasteiger partial charge in [-0.15, -0.1) is 0 Å². The molecule has 2 rings (SSSR count). The van der Waals surface area contributed by atoms with Crippen LogP contribution in [0, 0.1) is 5.92 Å². The van der Waals surface area contributed by atoms with Crippen LogP contribution >= 0.6 is 0 Å². The molecule has 4 nitrogen and oxygen atoms in total. The van der Waals surface area contributed by atoms with Crippen molar-refractivity contribution in [2.75, 3.05) is 7.11 Å². The highest BCUT2D eigenvalue weighted by Crippen LogP contribution is 2.53. The normalized spacial score (nSPS) is 34.9. The summed E-state index contributed by atoms with van der Waals surface area (Å²) in [4.78, 5) is 11.3. The van der Waals surface area contributed by atoms with Gasteiger partial charge in [0.15, 0.2) is 0 Å². The topological polar surface area (TPSA) is 44.8 Å². The van der Waals surface area contributed by atoms with Crippen molar-refractivity contribution < 1.29 is 18.8 Å².